The Bertz CT molecular complexity index is 334. The molecule has 0 radical (unpaired) electrons. The van der Waals surface area contributed by atoms with Crippen molar-refractivity contribution in [3.8, 4) is 0 Å². The SMILES string of the molecule is COC(=O)c1ccc(CNC(C)CCO)o1. The molecule has 5 heteroatoms. The number of furan rings is 1. The lowest BCUT2D eigenvalue weighted by atomic mass is 10.2. The zero-order valence-electron chi connectivity index (χ0n) is 9.53. The van der Waals surface area contributed by atoms with Gasteiger partial charge in [0.05, 0.1) is 13.7 Å². The standard InChI is InChI=1S/C11H17NO4/c1-8(5-6-13)12-7-9-3-4-10(16-9)11(14)15-2/h3-4,8,12-13H,5-7H2,1-2H3. The Kier molecular flexibility index (Phi) is 5.01. The topological polar surface area (TPSA) is 71.7 Å². The fraction of sp³-hybridized carbons (Fsp3) is 0.545. The lowest BCUT2D eigenvalue weighted by molar-refractivity contribution is 0.0563. The normalized spacial score (nSPS) is 12.4. The molecule has 0 saturated heterocycles. The predicted octanol–water partition coefficient (Wildman–Crippen LogP) is 0.927. The van der Waals surface area contributed by atoms with E-state index < -0.39 is 5.97 Å². The molecule has 1 rings (SSSR count). The lowest BCUT2D eigenvalue weighted by Crippen LogP contribution is -2.26. The molecule has 5 nitrogen and oxygen atoms in total. The van der Waals surface area contributed by atoms with Gasteiger partial charge in [-0.3, -0.25) is 0 Å². The fourth-order valence-electron chi connectivity index (χ4n) is 1.25. The van der Waals surface area contributed by atoms with E-state index >= 15 is 0 Å². The van der Waals surface area contributed by atoms with E-state index in [0.717, 1.165) is 0 Å². The van der Waals surface area contributed by atoms with Crippen LogP contribution in [0.25, 0.3) is 0 Å². The molecule has 16 heavy (non-hydrogen) atoms. The van der Waals surface area contributed by atoms with Crippen molar-refractivity contribution in [1.82, 2.24) is 5.32 Å². The molecule has 2 N–H and O–H groups in total. The number of aliphatic hydroxyl groups excluding tert-OH is 1. The first kappa shape index (κ1) is 12.7. The minimum atomic E-state index is -0.477. The van der Waals surface area contributed by atoms with E-state index in [4.69, 9.17) is 9.52 Å². The molecule has 0 aliphatic rings. The minimum Gasteiger partial charge on any atom is -0.463 e. The van der Waals surface area contributed by atoms with E-state index in [9.17, 15) is 4.79 Å². The third-order valence-corrected chi connectivity index (χ3v) is 2.24. The number of nitrogens with one attached hydrogen (secondary N) is 1. The second-order valence-corrected chi connectivity index (χ2v) is 3.55. The number of aliphatic hydroxyl groups is 1. The van der Waals surface area contributed by atoms with Crippen molar-refractivity contribution in [2.24, 2.45) is 0 Å². The van der Waals surface area contributed by atoms with Gasteiger partial charge in [-0.1, -0.05) is 0 Å². The Hall–Kier alpha value is -1.33. The van der Waals surface area contributed by atoms with Gasteiger partial charge in [-0.05, 0) is 25.5 Å². The minimum absolute atomic E-state index is 0.153. The van der Waals surface area contributed by atoms with Crippen LogP contribution < -0.4 is 5.32 Å². The highest BCUT2D eigenvalue weighted by Gasteiger charge is 2.11. The van der Waals surface area contributed by atoms with E-state index in [1.807, 2.05) is 6.92 Å². The number of rotatable bonds is 6. The van der Waals surface area contributed by atoms with Gasteiger partial charge in [-0.15, -0.1) is 0 Å². The summed E-state index contributed by atoms with van der Waals surface area (Å²) >= 11 is 0. The first-order valence-corrected chi connectivity index (χ1v) is 5.18. The maximum atomic E-state index is 11.1. The Balaban J connectivity index is 2.43. The zero-order valence-corrected chi connectivity index (χ0v) is 9.53. The van der Waals surface area contributed by atoms with E-state index in [1.54, 1.807) is 12.1 Å². The molecule has 1 unspecified atom stereocenters. The first-order chi connectivity index (χ1) is 7.67. The van der Waals surface area contributed by atoms with Crippen LogP contribution in [0, 0.1) is 0 Å². The Labute approximate surface area is 94.4 Å². The van der Waals surface area contributed by atoms with Crippen molar-refractivity contribution in [1.29, 1.82) is 0 Å². The number of hydrogen-bond donors (Lipinski definition) is 2. The number of carbonyl (C=O) groups excluding carboxylic acids is 1. The van der Waals surface area contributed by atoms with Crippen LogP contribution in [0.4, 0.5) is 0 Å². The molecule has 0 saturated carbocycles. The van der Waals surface area contributed by atoms with Crippen molar-refractivity contribution in [2.45, 2.75) is 25.9 Å². The molecule has 0 amide bonds. The second-order valence-electron chi connectivity index (χ2n) is 3.55. The highest BCUT2D eigenvalue weighted by Crippen LogP contribution is 2.09. The van der Waals surface area contributed by atoms with Gasteiger partial charge in [-0.25, -0.2) is 4.79 Å². The van der Waals surface area contributed by atoms with Gasteiger partial charge < -0.3 is 19.6 Å². The maximum Gasteiger partial charge on any atom is 0.373 e. The Morgan fingerprint density at radius 2 is 2.38 bits per heavy atom. The molecule has 0 aromatic carbocycles. The van der Waals surface area contributed by atoms with Gasteiger partial charge in [-0.2, -0.15) is 0 Å². The van der Waals surface area contributed by atoms with Crippen molar-refractivity contribution in [3.63, 3.8) is 0 Å². The molecule has 0 aliphatic heterocycles. The van der Waals surface area contributed by atoms with Crippen molar-refractivity contribution in [3.05, 3.63) is 23.7 Å². The van der Waals surface area contributed by atoms with Crippen molar-refractivity contribution >= 4 is 5.97 Å². The molecule has 0 fully saturated rings. The quantitative estimate of drug-likeness (QED) is 0.707. The third-order valence-electron chi connectivity index (χ3n) is 2.24. The van der Waals surface area contributed by atoms with Gasteiger partial charge in [0.1, 0.15) is 5.76 Å². The largest absolute Gasteiger partial charge is 0.463 e. The molecule has 0 bridgehead atoms. The van der Waals surface area contributed by atoms with Crippen LogP contribution in [0.15, 0.2) is 16.5 Å². The van der Waals surface area contributed by atoms with Gasteiger partial charge in [0.2, 0.25) is 5.76 Å². The van der Waals surface area contributed by atoms with E-state index in [-0.39, 0.29) is 18.4 Å². The number of carbonyl (C=O) groups is 1. The second kappa shape index (κ2) is 6.30. The molecule has 0 spiro atoms. The van der Waals surface area contributed by atoms with Crippen LogP contribution in [0.5, 0.6) is 0 Å². The van der Waals surface area contributed by atoms with Gasteiger partial charge in [0.25, 0.3) is 0 Å². The van der Waals surface area contributed by atoms with E-state index in [2.05, 4.69) is 10.1 Å². The number of esters is 1. The zero-order chi connectivity index (χ0) is 12.0. The van der Waals surface area contributed by atoms with E-state index in [0.29, 0.717) is 18.7 Å². The monoisotopic (exact) mass is 227 g/mol. The lowest BCUT2D eigenvalue weighted by Gasteiger charge is -2.10. The van der Waals surface area contributed by atoms with Crippen LogP contribution in [0.2, 0.25) is 0 Å². The van der Waals surface area contributed by atoms with Crippen molar-refractivity contribution < 1.29 is 19.1 Å². The molecule has 1 heterocycles. The molecule has 1 aromatic heterocycles. The summed E-state index contributed by atoms with van der Waals surface area (Å²) in [5.74, 6) is 0.397. The smallest absolute Gasteiger partial charge is 0.373 e. The Morgan fingerprint density at radius 3 is 3.00 bits per heavy atom. The highest BCUT2D eigenvalue weighted by molar-refractivity contribution is 5.86. The van der Waals surface area contributed by atoms with Crippen molar-refractivity contribution in [2.75, 3.05) is 13.7 Å². The third kappa shape index (κ3) is 3.67. The van der Waals surface area contributed by atoms with Crippen LogP contribution in [0.1, 0.15) is 29.7 Å². The summed E-state index contributed by atoms with van der Waals surface area (Å²) in [5.41, 5.74) is 0. The molecule has 90 valence electrons. The first-order valence-electron chi connectivity index (χ1n) is 5.18. The number of hydrogen-bond acceptors (Lipinski definition) is 5. The van der Waals surface area contributed by atoms with Crippen LogP contribution in [-0.4, -0.2) is 30.8 Å². The Morgan fingerprint density at radius 1 is 1.62 bits per heavy atom. The summed E-state index contributed by atoms with van der Waals surface area (Å²) in [6, 6.07) is 3.52. The molecular formula is C11H17NO4. The van der Waals surface area contributed by atoms with Crippen LogP contribution in [-0.2, 0) is 11.3 Å². The summed E-state index contributed by atoms with van der Waals surface area (Å²) < 4.78 is 9.79. The average molecular weight is 227 g/mol. The van der Waals surface area contributed by atoms with E-state index in [1.165, 1.54) is 7.11 Å². The van der Waals surface area contributed by atoms with Crippen LogP contribution >= 0.6 is 0 Å². The van der Waals surface area contributed by atoms with Gasteiger partial charge >= 0.3 is 5.97 Å². The maximum absolute atomic E-state index is 11.1. The number of ether oxygens (including phenoxy) is 1. The average Bonchev–Trinajstić information content (AvgIpc) is 2.74. The molecule has 1 atom stereocenters. The fourth-order valence-corrected chi connectivity index (χ4v) is 1.25. The van der Waals surface area contributed by atoms with Crippen LogP contribution in [0.3, 0.4) is 0 Å². The summed E-state index contributed by atoms with van der Waals surface area (Å²) in [4.78, 5) is 11.1. The molecular weight excluding hydrogens is 210 g/mol. The summed E-state index contributed by atoms with van der Waals surface area (Å²) in [6.45, 7) is 2.65. The number of methoxy groups -OCH3 is 1. The predicted molar refractivity (Wildman–Crippen MR) is 58.1 cm³/mol. The summed E-state index contributed by atoms with van der Waals surface area (Å²) in [6.07, 6.45) is 0.685. The molecule has 0 aliphatic carbocycles. The summed E-state index contributed by atoms with van der Waals surface area (Å²) in [5, 5.41) is 11.9. The highest BCUT2D eigenvalue weighted by atomic mass is 16.5. The molecule has 1 aromatic rings. The van der Waals surface area contributed by atoms with Gasteiger partial charge in [0.15, 0.2) is 0 Å². The van der Waals surface area contributed by atoms with Gasteiger partial charge in [0, 0.05) is 12.6 Å². The summed E-state index contributed by atoms with van der Waals surface area (Å²) in [7, 11) is 1.31.